The molecule has 1 aromatic rings. The molecule has 0 aliphatic heterocycles. The molecule has 0 bridgehead atoms. The molecular formula is C14H20N2. The van der Waals surface area contributed by atoms with Crippen molar-refractivity contribution in [2.75, 3.05) is 7.05 Å². The Labute approximate surface area is 98.3 Å². The predicted molar refractivity (Wildman–Crippen MR) is 71.5 cm³/mol. The second-order valence-corrected chi connectivity index (χ2v) is 4.81. The van der Waals surface area contributed by atoms with Gasteiger partial charge < -0.3 is 4.90 Å². The fraction of sp³-hybridized carbons (Fsp3) is 0.357. The molecule has 0 unspecified atom stereocenters. The predicted octanol–water partition coefficient (Wildman–Crippen LogP) is 3.42. The van der Waals surface area contributed by atoms with Crippen molar-refractivity contribution in [3.63, 3.8) is 0 Å². The highest BCUT2D eigenvalue weighted by Gasteiger charge is 2.04. The van der Waals surface area contributed by atoms with Crippen molar-refractivity contribution in [3.05, 3.63) is 42.1 Å². The zero-order valence-corrected chi connectivity index (χ0v) is 10.5. The topological polar surface area (TPSA) is 15.6 Å². The Kier molecular flexibility index (Phi) is 4.29. The minimum Gasteiger partial charge on any atom is -0.342 e. The van der Waals surface area contributed by atoms with Gasteiger partial charge in [0, 0.05) is 13.2 Å². The molecule has 1 rings (SSSR count). The Hall–Kier alpha value is -1.57. The summed E-state index contributed by atoms with van der Waals surface area (Å²) in [7, 11) is 1.98. The van der Waals surface area contributed by atoms with Crippen LogP contribution in [0.15, 0.2) is 41.5 Å². The van der Waals surface area contributed by atoms with Gasteiger partial charge in [0.15, 0.2) is 0 Å². The fourth-order valence-electron chi connectivity index (χ4n) is 1.07. The Balaban J connectivity index is 2.55. The third kappa shape index (κ3) is 5.35. The van der Waals surface area contributed by atoms with Crippen LogP contribution in [-0.4, -0.2) is 23.8 Å². The first-order chi connectivity index (χ1) is 7.47. The van der Waals surface area contributed by atoms with Crippen LogP contribution in [0, 0.1) is 0 Å². The summed E-state index contributed by atoms with van der Waals surface area (Å²) in [4.78, 5) is 6.37. The van der Waals surface area contributed by atoms with Crippen LogP contribution in [0.4, 0.5) is 0 Å². The highest BCUT2D eigenvalue weighted by Crippen LogP contribution is 2.05. The fourth-order valence-corrected chi connectivity index (χ4v) is 1.07. The van der Waals surface area contributed by atoms with Crippen LogP contribution in [0.25, 0.3) is 6.08 Å². The van der Waals surface area contributed by atoms with E-state index in [1.165, 1.54) is 5.56 Å². The number of hydrogen-bond acceptors (Lipinski definition) is 1. The van der Waals surface area contributed by atoms with Crippen molar-refractivity contribution in [1.29, 1.82) is 0 Å². The van der Waals surface area contributed by atoms with E-state index in [0.29, 0.717) is 0 Å². The molecule has 1 aromatic carbocycles. The molecule has 0 radical (unpaired) electrons. The summed E-state index contributed by atoms with van der Waals surface area (Å²) >= 11 is 0. The quantitative estimate of drug-likeness (QED) is 0.558. The van der Waals surface area contributed by atoms with Crippen LogP contribution in [0.5, 0.6) is 0 Å². The van der Waals surface area contributed by atoms with Gasteiger partial charge in [0.1, 0.15) is 0 Å². The van der Waals surface area contributed by atoms with Gasteiger partial charge in [-0.05, 0) is 32.4 Å². The molecule has 0 saturated heterocycles. The maximum atomic E-state index is 4.42. The van der Waals surface area contributed by atoms with Crippen molar-refractivity contribution >= 4 is 12.4 Å². The highest BCUT2D eigenvalue weighted by molar-refractivity contribution is 5.60. The van der Waals surface area contributed by atoms with Crippen LogP contribution in [0.3, 0.4) is 0 Å². The SMILES string of the molecule is CN(C=Cc1ccccc1)C=NC(C)(C)C. The maximum absolute atomic E-state index is 4.42. The lowest BCUT2D eigenvalue weighted by molar-refractivity contribution is 0.570. The van der Waals surface area contributed by atoms with Crippen molar-refractivity contribution in [3.8, 4) is 0 Å². The van der Waals surface area contributed by atoms with E-state index in [1.807, 2.05) is 42.7 Å². The van der Waals surface area contributed by atoms with Gasteiger partial charge in [-0.15, -0.1) is 0 Å². The summed E-state index contributed by atoms with van der Waals surface area (Å²) in [6.07, 6.45) is 5.92. The first-order valence-electron chi connectivity index (χ1n) is 5.48. The lowest BCUT2D eigenvalue weighted by atomic mass is 10.1. The highest BCUT2D eigenvalue weighted by atomic mass is 15.1. The largest absolute Gasteiger partial charge is 0.342 e. The minimum absolute atomic E-state index is 0.0190. The molecule has 0 N–H and O–H groups in total. The van der Waals surface area contributed by atoms with E-state index in [2.05, 4.69) is 44.0 Å². The van der Waals surface area contributed by atoms with E-state index in [-0.39, 0.29) is 5.54 Å². The van der Waals surface area contributed by atoms with Gasteiger partial charge >= 0.3 is 0 Å². The van der Waals surface area contributed by atoms with Crippen molar-refractivity contribution < 1.29 is 0 Å². The smallest absolute Gasteiger partial charge is 0.0893 e. The Morgan fingerprint density at radius 1 is 1.12 bits per heavy atom. The van der Waals surface area contributed by atoms with Gasteiger partial charge in [-0.1, -0.05) is 30.3 Å². The van der Waals surface area contributed by atoms with Crippen LogP contribution in [0.1, 0.15) is 26.3 Å². The van der Waals surface area contributed by atoms with E-state index in [4.69, 9.17) is 0 Å². The molecule has 2 heteroatoms. The average Bonchev–Trinajstić information content (AvgIpc) is 2.24. The van der Waals surface area contributed by atoms with E-state index in [1.54, 1.807) is 0 Å². The summed E-state index contributed by atoms with van der Waals surface area (Å²) < 4.78 is 0. The van der Waals surface area contributed by atoms with Crippen molar-refractivity contribution in [2.24, 2.45) is 4.99 Å². The van der Waals surface area contributed by atoms with Crippen molar-refractivity contribution in [2.45, 2.75) is 26.3 Å². The molecule has 0 atom stereocenters. The van der Waals surface area contributed by atoms with E-state index in [9.17, 15) is 0 Å². The van der Waals surface area contributed by atoms with Gasteiger partial charge in [-0.25, -0.2) is 0 Å². The van der Waals surface area contributed by atoms with Gasteiger partial charge in [0.2, 0.25) is 0 Å². The van der Waals surface area contributed by atoms with E-state index < -0.39 is 0 Å². The Morgan fingerprint density at radius 2 is 1.75 bits per heavy atom. The molecule has 16 heavy (non-hydrogen) atoms. The minimum atomic E-state index is -0.0190. The van der Waals surface area contributed by atoms with Crippen molar-refractivity contribution in [1.82, 2.24) is 4.90 Å². The second-order valence-electron chi connectivity index (χ2n) is 4.81. The second kappa shape index (κ2) is 5.50. The first kappa shape index (κ1) is 12.5. The first-order valence-corrected chi connectivity index (χ1v) is 5.48. The lowest BCUT2D eigenvalue weighted by Gasteiger charge is -2.13. The Bertz CT molecular complexity index is 358. The zero-order chi connectivity index (χ0) is 12.0. The van der Waals surface area contributed by atoms with Crippen LogP contribution in [0.2, 0.25) is 0 Å². The van der Waals surface area contributed by atoms with Crippen LogP contribution < -0.4 is 0 Å². The summed E-state index contributed by atoms with van der Waals surface area (Å²) in [6, 6.07) is 10.2. The molecule has 0 amide bonds. The number of benzene rings is 1. The van der Waals surface area contributed by atoms with E-state index >= 15 is 0 Å². The molecule has 0 aliphatic rings. The molecule has 0 heterocycles. The average molecular weight is 216 g/mol. The third-order valence-electron chi connectivity index (χ3n) is 1.93. The monoisotopic (exact) mass is 216 g/mol. The summed E-state index contributed by atoms with van der Waals surface area (Å²) in [5.74, 6) is 0. The summed E-state index contributed by atoms with van der Waals surface area (Å²) in [5.41, 5.74) is 1.17. The van der Waals surface area contributed by atoms with Crippen LogP contribution >= 0.6 is 0 Å². The molecule has 0 aliphatic carbocycles. The van der Waals surface area contributed by atoms with Gasteiger partial charge in [-0.2, -0.15) is 0 Å². The molecule has 0 fully saturated rings. The molecular weight excluding hydrogens is 196 g/mol. The molecule has 0 aromatic heterocycles. The molecule has 2 nitrogen and oxygen atoms in total. The third-order valence-corrected chi connectivity index (χ3v) is 1.93. The van der Waals surface area contributed by atoms with Gasteiger partial charge in [-0.3, -0.25) is 4.99 Å². The molecule has 0 spiro atoms. The normalized spacial score (nSPS) is 12.5. The number of aliphatic imine (C=N–C) groups is 1. The number of nitrogens with zero attached hydrogens (tertiary/aromatic N) is 2. The number of hydrogen-bond donors (Lipinski definition) is 0. The molecule has 86 valence electrons. The summed E-state index contributed by atoms with van der Waals surface area (Å²) in [6.45, 7) is 6.24. The molecule has 0 saturated carbocycles. The summed E-state index contributed by atoms with van der Waals surface area (Å²) in [5, 5.41) is 0. The van der Waals surface area contributed by atoms with Gasteiger partial charge in [0.05, 0.1) is 11.9 Å². The van der Waals surface area contributed by atoms with E-state index in [0.717, 1.165) is 0 Å². The van der Waals surface area contributed by atoms with Crippen LogP contribution in [-0.2, 0) is 0 Å². The number of rotatable bonds is 3. The standard InChI is InChI=1S/C14H20N2/c1-14(2,3)15-12-16(4)11-10-13-8-6-5-7-9-13/h5-12H,1-4H3. The zero-order valence-electron chi connectivity index (χ0n) is 10.5. The maximum Gasteiger partial charge on any atom is 0.0893 e. The van der Waals surface area contributed by atoms with Gasteiger partial charge in [0.25, 0.3) is 0 Å². The Morgan fingerprint density at radius 3 is 2.31 bits per heavy atom. The lowest BCUT2D eigenvalue weighted by Crippen LogP contribution is -2.15.